The van der Waals surface area contributed by atoms with Crippen molar-refractivity contribution in [2.75, 3.05) is 12.8 Å². The van der Waals surface area contributed by atoms with Gasteiger partial charge < -0.3 is 10.4 Å². The summed E-state index contributed by atoms with van der Waals surface area (Å²) < 4.78 is 11.1. The summed E-state index contributed by atoms with van der Waals surface area (Å²) in [7, 11) is -0.910. The van der Waals surface area contributed by atoms with Crippen molar-refractivity contribution in [3.05, 3.63) is 16.1 Å². The van der Waals surface area contributed by atoms with Crippen LogP contribution < -0.4 is 5.32 Å². The number of aromatic carboxylic acids is 1. The maximum absolute atomic E-state index is 11.6. The van der Waals surface area contributed by atoms with E-state index in [0.717, 1.165) is 11.3 Å². The van der Waals surface area contributed by atoms with Gasteiger partial charge in [0.2, 0.25) is 5.01 Å². The average molecular weight is 290 g/mol. The van der Waals surface area contributed by atoms with Gasteiger partial charge in [0.15, 0.2) is 0 Å². The third-order valence-electron chi connectivity index (χ3n) is 2.32. The molecule has 1 rings (SSSR count). The molecule has 6 nitrogen and oxygen atoms in total. The number of nitrogens with zero attached hydrogens (tertiary/aromatic N) is 1. The SMILES string of the molecule is CC(CCNC(=O)c1cnc(C(=O)O)s1)S(C)=O. The Morgan fingerprint density at radius 3 is 2.78 bits per heavy atom. The Labute approximate surface area is 111 Å². The normalized spacial score (nSPS) is 13.9. The van der Waals surface area contributed by atoms with Gasteiger partial charge in [0.05, 0.1) is 6.20 Å². The molecule has 0 saturated carbocycles. The first-order chi connectivity index (χ1) is 8.41. The standard InChI is InChI=1S/C10H14N2O4S2/c1-6(18(2)16)3-4-11-8(13)7-5-12-9(17-7)10(14)15/h5-6H,3-4H2,1-2H3,(H,11,13)(H,14,15). The van der Waals surface area contributed by atoms with E-state index in [-0.39, 0.29) is 21.0 Å². The molecule has 0 fully saturated rings. The lowest BCUT2D eigenvalue weighted by Crippen LogP contribution is -2.26. The Hall–Kier alpha value is -1.28. The van der Waals surface area contributed by atoms with Crippen molar-refractivity contribution >= 4 is 34.0 Å². The summed E-state index contributed by atoms with van der Waals surface area (Å²) in [5, 5.41) is 11.2. The van der Waals surface area contributed by atoms with Gasteiger partial charge in [-0.15, -0.1) is 11.3 Å². The summed E-state index contributed by atoms with van der Waals surface area (Å²) in [6, 6.07) is 0. The number of amides is 1. The zero-order valence-electron chi connectivity index (χ0n) is 10.0. The van der Waals surface area contributed by atoms with Crippen LogP contribution in [0, 0.1) is 0 Å². The number of rotatable bonds is 6. The van der Waals surface area contributed by atoms with E-state index < -0.39 is 16.8 Å². The van der Waals surface area contributed by atoms with Crippen LogP contribution in [0.1, 0.15) is 32.8 Å². The molecule has 0 aliphatic rings. The van der Waals surface area contributed by atoms with Crippen LogP contribution >= 0.6 is 11.3 Å². The summed E-state index contributed by atoms with van der Waals surface area (Å²) in [4.78, 5) is 26.1. The van der Waals surface area contributed by atoms with Crippen LogP contribution in [0.5, 0.6) is 0 Å². The quantitative estimate of drug-likeness (QED) is 0.805. The number of hydrogen-bond acceptors (Lipinski definition) is 5. The number of carboxylic acids is 1. The molecule has 2 N–H and O–H groups in total. The summed E-state index contributed by atoms with van der Waals surface area (Å²) in [5.74, 6) is -1.50. The van der Waals surface area contributed by atoms with E-state index in [4.69, 9.17) is 5.11 Å². The molecule has 0 radical (unpaired) electrons. The van der Waals surface area contributed by atoms with Crippen LogP contribution in [0.2, 0.25) is 0 Å². The zero-order chi connectivity index (χ0) is 13.7. The second-order valence-electron chi connectivity index (χ2n) is 3.69. The molecule has 1 heterocycles. The molecule has 1 aromatic heterocycles. The highest BCUT2D eigenvalue weighted by Gasteiger charge is 2.14. The largest absolute Gasteiger partial charge is 0.476 e. The fourth-order valence-corrected chi connectivity index (χ4v) is 2.24. The van der Waals surface area contributed by atoms with Crippen molar-refractivity contribution in [1.82, 2.24) is 10.3 Å². The van der Waals surface area contributed by atoms with Crippen LogP contribution in [0.4, 0.5) is 0 Å². The van der Waals surface area contributed by atoms with Crippen molar-refractivity contribution in [3.63, 3.8) is 0 Å². The lowest BCUT2D eigenvalue weighted by Gasteiger charge is -2.08. The first kappa shape index (κ1) is 14.8. The molecule has 0 bridgehead atoms. The molecule has 0 spiro atoms. The van der Waals surface area contributed by atoms with Crippen molar-refractivity contribution in [1.29, 1.82) is 0 Å². The van der Waals surface area contributed by atoms with E-state index in [9.17, 15) is 13.8 Å². The van der Waals surface area contributed by atoms with E-state index >= 15 is 0 Å². The van der Waals surface area contributed by atoms with Gasteiger partial charge in [-0.2, -0.15) is 0 Å². The van der Waals surface area contributed by atoms with E-state index in [1.807, 2.05) is 6.92 Å². The van der Waals surface area contributed by atoms with E-state index in [1.165, 1.54) is 6.20 Å². The molecule has 1 aromatic rings. The van der Waals surface area contributed by atoms with Gasteiger partial charge in [-0.1, -0.05) is 6.92 Å². The van der Waals surface area contributed by atoms with Crippen molar-refractivity contribution in [2.45, 2.75) is 18.6 Å². The Balaban J connectivity index is 2.45. The van der Waals surface area contributed by atoms with Crippen LogP contribution in [0.3, 0.4) is 0 Å². The fourth-order valence-electron chi connectivity index (χ4n) is 1.12. The number of aromatic nitrogens is 1. The Bertz CT molecular complexity index is 472. The van der Waals surface area contributed by atoms with Crippen molar-refractivity contribution in [2.24, 2.45) is 0 Å². The number of carbonyl (C=O) groups excluding carboxylic acids is 1. The number of thiazole rings is 1. The minimum absolute atomic E-state index is 0.0151. The van der Waals surface area contributed by atoms with Gasteiger partial charge in [0, 0.05) is 28.9 Å². The Morgan fingerprint density at radius 2 is 2.28 bits per heavy atom. The molecular formula is C10H14N2O4S2. The van der Waals surface area contributed by atoms with Gasteiger partial charge in [0.1, 0.15) is 4.88 Å². The van der Waals surface area contributed by atoms with Gasteiger partial charge in [-0.05, 0) is 6.42 Å². The lowest BCUT2D eigenvalue weighted by atomic mass is 10.3. The Morgan fingerprint density at radius 1 is 1.61 bits per heavy atom. The van der Waals surface area contributed by atoms with Gasteiger partial charge >= 0.3 is 5.97 Å². The monoisotopic (exact) mass is 290 g/mol. The molecule has 2 atom stereocenters. The Kier molecular flexibility index (Phi) is 5.42. The summed E-state index contributed by atoms with van der Waals surface area (Å²) in [6.45, 7) is 2.25. The highest BCUT2D eigenvalue weighted by molar-refractivity contribution is 7.84. The molecule has 0 aliphatic heterocycles. The van der Waals surface area contributed by atoms with Crippen LogP contribution in [0.15, 0.2) is 6.20 Å². The molecule has 18 heavy (non-hydrogen) atoms. The fraction of sp³-hybridized carbons (Fsp3) is 0.500. The topological polar surface area (TPSA) is 96.4 Å². The number of nitrogens with one attached hydrogen (secondary N) is 1. The van der Waals surface area contributed by atoms with E-state index in [1.54, 1.807) is 6.26 Å². The highest BCUT2D eigenvalue weighted by atomic mass is 32.2. The molecule has 1 amide bonds. The molecule has 0 aliphatic carbocycles. The second kappa shape index (κ2) is 6.60. The first-order valence-corrected chi connectivity index (χ1v) is 7.65. The number of carbonyl (C=O) groups is 2. The van der Waals surface area contributed by atoms with Gasteiger partial charge in [0.25, 0.3) is 5.91 Å². The third kappa shape index (κ3) is 4.19. The van der Waals surface area contributed by atoms with E-state index in [2.05, 4.69) is 10.3 Å². The summed E-state index contributed by atoms with van der Waals surface area (Å²) in [6.07, 6.45) is 3.47. The predicted octanol–water partition coefficient (Wildman–Crippen LogP) is 0.728. The molecule has 0 saturated heterocycles. The third-order valence-corrected chi connectivity index (χ3v) is 4.67. The molecule has 100 valence electrons. The summed E-state index contributed by atoms with van der Waals surface area (Å²) >= 11 is 0.832. The van der Waals surface area contributed by atoms with Gasteiger partial charge in [-0.3, -0.25) is 9.00 Å². The van der Waals surface area contributed by atoms with Crippen LogP contribution in [-0.2, 0) is 10.8 Å². The molecule has 2 unspecified atom stereocenters. The minimum atomic E-state index is -1.14. The second-order valence-corrected chi connectivity index (χ2v) is 6.52. The molecule has 8 heteroatoms. The smallest absolute Gasteiger partial charge is 0.365 e. The van der Waals surface area contributed by atoms with Gasteiger partial charge in [-0.25, -0.2) is 9.78 Å². The maximum atomic E-state index is 11.6. The van der Waals surface area contributed by atoms with E-state index in [0.29, 0.717) is 13.0 Å². The minimum Gasteiger partial charge on any atom is -0.476 e. The lowest BCUT2D eigenvalue weighted by molar-refractivity contribution is 0.0696. The number of carboxylic acid groups (broad SMARTS) is 1. The zero-order valence-corrected chi connectivity index (χ0v) is 11.6. The first-order valence-electron chi connectivity index (χ1n) is 5.21. The predicted molar refractivity (Wildman–Crippen MR) is 69.6 cm³/mol. The maximum Gasteiger partial charge on any atom is 0.365 e. The highest BCUT2D eigenvalue weighted by Crippen LogP contribution is 2.12. The van der Waals surface area contributed by atoms with Crippen LogP contribution in [-0.4, -0.2) is 44.2 Å². The van der Waals surface area contributed by atoms with Crippen molar-refractivity contribution < 1.29 is 18.9 Å². The molecule has 0 aromatic carbocycles. The number of hydrogen-bond donors (Lipinski definition) is 2. The summed E-state index contributed by atoms with van der Waals surface area (Å²) in [5.41, 5.74) is 0. The molecular weight excluding hydrogens is 276 g/mol. The van der Waals surface area contributed by atoms with Crippen molar-refractivity contribution in [3.8, 4) is 0 Å². The van der Waals surface area contributed by atoms with Crippen LogP contribution in [0.25, 0.3) is 0 Å². The average Bonchev–Trinajstić information content (AvgIpc) is 2.77.